The van der Waals surface area contributed by atoms with E-state index in [1.54, 1.807) is 6.92 Å². The molecule has 0 amide bonds. The second-order valence-corrected chi connectivity index (χ2v) is 5.43. The summed E-state index contributed by atoms with van der Waals surface area (Å²) in [5.41, 5.74) is 0. The predicted molar refractivity (Wildman–Crippen MR) is 46.2 cm³/mol. The van der Waals surface area contributed by atoms with Crippen molar-refractivity contribution < 1.29 is 13.5 Å². The Kier molecular flexibility index (Phi) is 3.09. The molecule has 0 spiro atoms. The highest BCUT2D eigenvalue weighted by Gasteiger charge is 2.35. The van der Waals surface area contributed by atoms with Crippen LogP contribution < -0.4 is 4.72 Å². The first kappa shape index (κ1) is 9.95. The minimum atomic E-state index is -3.05. The summed E-state index contributed by atoms with van der Waals surface area (Å²) in [6, 6.07) is 0. The van der Waals surface area contributed by atoms with E-state index in [0.29, 0.717) is 6.54 Å². The smallest absolute Gasteiger partial charge is 0.214 e. The van der Waals surface area contributed by atoms with Crippen LogP contribution in [0.1, 0.15) is 19.8 Å². The van der Waals surface area contributed by atoms with Crippen molar-refractivity contribution in [3.8, 4) is 0 Å². The SMILES string of the molecule is CC(CO)CNS(=O)(=O)C1CC1. The second-order valence-electron chi connectivity index (χ2n) is 3.38. The molecule has 0 aromatic heterocycles. The van der Waals surface area contributed by atoms with E-state index in [1.807, 2.05) is 0 Å². The molecule has 12 heavy (non-hydrogen) atoms. The highest BCUT2D eigenvalue weighted by Crippen LogP contribution is 2.27. The Labute approximate surface area is 73.0 Å². The first-order chi connectivity index (χ1) is 5.56. The molecule has 1 atom stereocenters. The number of hydrogen-bond donors (Lipinski definition) is 2. The molecule has 0 radical (unpaired) electrons. The van der Waals surface area contributed by atoms with Crippen LogP contribution in [0, 0.1) is 5.92 Å². The van der Waals surface area contributed by atoms with Crippen LogP contribution >= 0.6 is 0 Å². The molecule has 0 bridgehead atoms. The van der Waals surface area contributed by atoms with E-state index >= 15 is 0 Å². The lowest BCUT2D eigenvalue weighted by atomic mass is 10.2. The second kappa shape index (κ2) is 3.72. The lowest BCUT2D eigenvalue weighted by Gasteiger charge is -2.09. The molecule has 0 heterocycles. The number of hydrogen-bond acceptors (Lipinski definition) is 3. The Balaban J connectivity index is 2.30. The van der Waals surface area contributed by atoms with Gasteiger partial charge >= 0.3 is 0 Å². The summed E-state index contributed by atoms with van der Waals surface area (Å²) >= 11 is 0. The zero-order valence-corrected chi connectivity index (χ0v) is 7.97. The van der Waals surface area contributed by atoms with Crippen LogP contribution in [-0.2, 0) is 10.0 Å². The van der Waals surface area contributed by atoms with Gasteiger partial charge < -0.3 is 5.11 Å². The Morgan fingerprint density at radius 3 is 2.58 bits per heavy atom. The van der Waals surface area contributed by atoms with E-state index in [0.717, 1.165) is 12.8 Å². The van der Waals surface area contributed by atoms with Gasteiger partial charge in [0.2, 0.25) is 10.0 Å². The van der Waals surface area contributed by atoms with Crippen molar-refractivity contribution in [1.29, 1.82) is 0 Å². The minimum Gasteiger partial charge on any atom is -0.396 e. The van der Waals surface area contributed by atoms with Gasteiger partial charge in [-0.1, -0.05) is 6.92 Å². The van der Waals surface area contributed by atoms with Crippen LogP contribution in [0.5, 0.6) is 0 Å². The molecule has 1 rings (SSSR count). The predicted octanol–water partition coefficient (Wildman–Crippen LogP) is -0.303. The average molecular weight is 193 g/mol. The number of nitrogens with one attached hydrogen (secondary N) is 1. The van der Waals surface area contributed by atoms with E-state index in [1.165, 1.54) is 0 Å². The molecular weight excluding hydrogens is 178 g/mol. The summed E-state index contributed by atoms with van der Waals surface area (Å²) in [5.74, 6) is -0.00137. The van der Waals surface area contributed by atoms with Gasteiger partial charge in [0.05, 0.1) is 5.25 Å². The zero-order chi connectivity index (χ0) is 9.19. The normalized spacial score (nSPS) is 20.8. The topological polar surface area (TPSA) is 66.4 Å². The quantitative estimate of drug-likeness (QED) is 0.630. The first-order valence-electron chi connectivity index (χ1n) is 4.15. The summed E-state index contributed by atoms with van der Waals surface area (Å²) < 4.78 is 24.9. The van der Waals surface area contributed by atoms with Gasteiger partial charge in [0.15, 0.2) is 0 Å². The number of rotatable bonds is 5. The third kappa shape index (κ3) is 2.73. The molecule has 0 aromatic carbocycles. The standard InChI is InChI=1S/C7H15NO3S/c1-6(5-9)4-8-12(10,11)7-2-3-7/h6-9H,2-5H2,1H3. The van der Waals surface area contributed by atoms with Crippen LogP contribution in [-0.4, -0.2) is 31.9 Å². The lowest BCUT2D eigenvalue weighted by Crippen LogP contribution is -2.32. The highest BCUT2D eigenvalue weighted by atomic mass is 32.2. The molecule has 4 nitrogen and oxygen atoms in total. The van der Waals surface area contributed by atoms with Crippen LogP contribution in [0.2, 0.25) is 0 Å². The molecule has 0 aromatic rings. The van der Waals surface area contributed by atoms with Crippen LogP contribution in [0.25, 0.3) is 0 Å². The largest absolute Gasteiger partial charge is 0.396 e. The van der Waals surface area contributed by atoms with Gasteiger partial charge in [-0.15, -0.1) is 0 Å². The third-order valence-corrected chi connectivity index (χ3v) is 3.83. The van der Waals surface area contributed by atoms with Gasteiger partial charge in [-0.3, -0.25) is 0 Å². The maximum Gasteiger partial charge on any atom is 0.214 e. The van der Waals surface area contributed by atoms with E-state index in [-0.39, 0.29) is 17.8 Å². The maximum atomic E-state index is 11.2. The van der Waals surface area contributed by atoms with Crippen molar-refractivity contribution >= 4 is 10.0 Å². The fourth-order valence-electron chi connectivity index (χ4n) is 0.819. The van der Waals surface area contributed by atoms with E-state index in [2.05, 4.69) is 4.72 Å². The number of aliphatic hydroxyl groups is 1. The molecule has 1 aliphatic rings. The molecule has 72 valence electrons. The molecule has 1 saturated carbocycles. The van der Waals surface area contributed by atoms with Gasteiger partial charge in [0.25, 0.3) is 0 Å². The van der Waals surface area contributed by atoms with E-state index in [9.17, 15) is 8.42 Å². The summed E-state index contributed by atoms with van der Waals surface area (Å²) in [7, 11) is -3.05. The van der Waals surface area contributed by atoms with Gasteiger partial charge in [-0.25, -0.2) is 13.1 Å². The average Bonchev–Trinajstić information content (AvgIpc) is 2.82. The molecule has 1 fully saturated rings. The fraction of sp³-hybridized carbons (Fsp3) is 1.00. The Hall–Kier alpha value is -0.130. The van der Waals surface area contributed by atoms with Crippen molar-refractivity contribution in [2.45, 2.75) is 25.0 Å². The summed E-state index contributed by atoms with van der Waals surface area (Å²) in [6.45, 7) is 2.16. The molecule has 2 N–H and O–H groups in total. The third-order valence-electron chi connectivity index (χ3n) is 1.91. The minimum absolute atomic E-state index is 0.00137. The monoisotopic (exact) mass is 193 g/mol. The summed E-state index contributed by atoms with van der Waals surface area (Å²) in [4.78, 5) is 0. The summed E-state index contributed by atoms with van der Waals surface area (Å²) in [5, 5.41) is 8.49. The van der Waals surface area contributed by atoms with Crippen LogP contribution in [0.4, 0.5) is 0 Å². The molecule has 5 heteroatoms. The number of sulfonamides is 1. The van der Waals surface area contributed by atoms with Gasteiger partial charge in [-0.05, 0) is 18.8 Å². The van der Waals surface area contributed by atoms with Crippen molar-refractivity contribution in [2.24, 2.45) is 5.92 Å². The maximum absolute atomic E-state index is 11.2. The van der Waals surface area contributed by atoms with Crippen molar-refractivity contribution in [1.82, 2.24) is 4.72 Å². The van der Waals surface area contributed by atoms with Gasteiger partial charge in [0.1, 0.15) is 0 Å². The van der Waals surface area contributed by atoms with Gasteiger partial charge in [0, 0.05) is 13.2 Å². The van der Waals surface area contributed by atoms with Crippen LogP contribution in [0.3, 0.4) is 0 Å². The van der Waals surface area contributed by atoms with Crippen molar-refractivity contribution in [3.63, 3.8) is 0 Å². The molecule has 1 aliphatic carbocycles. The Bertz CT molecular complexity index is 233. The molecule has 0 saturated heterocycles. The van der Waals surface area contributed by atoms with Crippen molar-refractivity contribution in [3.05, 3.63) is 0 Å². The van der Waals surface area contributed by atoms with Gasteiger partial charge in [-0.2, -0.15) is 0 Å². The molecule has 0 aliphatic heterocycles. The molecular formula is C7H15NO3S. The Morgan fingerprint density at radius 1 is 1.58 bits per heavy atom. The fourth-order valence-corrected chi connectivity index (χ4v) is 2.33. The zero-order valence-electron chi connectivity index (χ0n) is 7.16. The first-order valence-corrected chi connectivity index (χ1v) is 5.70. The summed E-state index contributed by atoms with van der Waals surface area (Å²) in [6.07, 6.45) is 1.56. The van der Waals surface area contributed by atoms with E-state index < -0.39 is 10.0 Å². The van der Waals surface area contributed by atoms with Crippen LogP contribution in [0.15, 0.2) is 0 Å². The van der Waals surface area contributed by atoms with Crippen molar-refractivity contribution in [2.75, 3.05) is 13.2 Å². The highest BCUT2D eigenvalue weighted by molar-refractivity contribution is 7.90. The molecule has 1 unspecified atom stereocenters. The Morgan fingerprint density at radius 2 is 2.17 bits per heavy atom. The number of aliphatic hydroxyl groups excluding tert-OH is 1. The lowest BCUT2D eigenvalue weighted by molar-refractivity contribution is 0.238. The van der Waals surface area contributed by atoms with E-state index in [4.69, 9.17) is 5.11 Å².